The molecular formula is C36H38N8O5. The van der Waals surface area contributed by atoms with Crippen LogP contribution in [0.2, 0.25) is 0 Å². The molecule has 5 aromatic rings. The maximum atomic E-state index is 11.5. The largest absolute Gasteiger partial charge is 0.478 e. The maximum Gasteiger partial charge on any atom is 0.336 e. The maximum absolute atomic E-state index is 11.5. The van der Waals surface area contributed by atoms with E-state index >= 15 is 0 Å². The summed E-state index contributed by atoms with van der Waals surface area (Å²) in [5, 5.41) is 31.7. The molecule has 7 rings (SSSR count). The van der Waals surface area contributed by atoms with Gasteiger partial charge in [0.05, 0.1) is 22.6 Å². The van der Waals surface area contributed by atoms with Crippen molar-refractivity contribution in [1.82, 2.24) is 30.4 Å². The highest BCUT2D eigenvalue weighted by atomic mass is 16.5. The second-order valence-corrected chi connectivity index (χ2v) is 12.5. The minimum atomic E-state index is -1.25. The molecule has 13 nitrogen and oxygen atoms in total. The van der Waals surface area contributed by atoms with Crippen LogP contribution >= 0.6 is 0 Å². The summed E-state index contributed by atoms with van der Waals surface area (Å²) in [6.07, 6.45) is 5.46. The van der Waals surface area contributed by atoms with E-state index in [9.17, 15) is 19.8 Å². The molecule has 0 atom stereocenters. The van der Waals surface area contributed by atoms with Crippen LogP contribution in [0.4, 0.5) is 11.5 Å². The fourth-order valence-corrected chi connectivity index (χ4v) is 6.75. The molecule has 0 amide bonds. The summed E-state index contributed by atoms with van der Waals surface area (Å²) in [4.78, 5) is 33.8. The number of aromatic carboxylic acids is 2. The fraction of sp³-hybridized carbons (Fsp3) is 0.306. The van der Waals surface area contributed by atoms with Crippen molar-refractivity contribution in [3.63, 3.8) is 0 Å². The summed E-state index contributed by atoms with van der Waals surface area (Å²) < 4.78 is 8.00. The standard InChI is InChI=1S/C36H38N8O5/c37-33-31-32(22-6-13-28(14-7-22)49-27-4-2-1-3-5-27)42-44(34(31)41-21-40-33)25-10-8-23(9-11-25)38-16-17-39-24-19-43(20-24)26-12-15-29(35(45)46)30(18-26)36(47)48/h1-7,12-15,18,21,23-25,38-39H,8-11,16-17,19-20H2,(H,45,46)(H,47,48)(H2,37,40,41)/t23-,25+. The van der Waals surface area contributed by atoms with Crippen LogP contribution in [-0.2, 0) is 0 Å². The molecule has 6 N–H and O–H groups in total. The van der Waals surface area contributed by atoms with Gasteiger partial charge < -0.3 is 36.2 Å². The molecule has 0 unspecified atom stereocenters. The highest BCUT2D eigenvalue weighted by molar-refractivity contribution is 6.02. The van der Waals surface area contributed by atoms with E-state index in [1.54, 1.807) is 6.07 Å². The minimum Gasteiger partial charge on any atom is -0.478 e. The second-order valence-electron chi connectivity index (χ2n) is 12.5. The zero-order chi connectivity index (χ0) is 33.9. The number of benzene rings is 3. The van der Waals surface area contributed by atoms with Crippen LogP contribution in [0.1, 0.15) is 52.4 Å². The molecule has 3 aromatic carbocycles. The van der Waals surface area contributed by atoms with Crippen LogP contribution in [0.15, 0.2) is 79.1 Å². The van der Waals surface area contributed by atoms with E-state index < -0.39 is 11.9 Å². The molecule has 1 saturated heterocycles. The first kappa shape index (κ1) is 32.0. The number of nitrogens with one attached hydrogen (secondary N) is 2. The van der Waals surface area contributed by atoms with Crippen LogP contribution in [0, 0.1) is 0 Å². The van der Waals surface area contributed by atoms with Gasteiger partial charge >= 0.3 is 11.9 Å². The number of fused-ring (bicyclic) bond motifs is 1. The first-order chi connectivity index (χ1) is 23.8. The van der Waals surface area contributed by atoms with Gasteiger partial charge in [-0.25, -0.2) is 24.2 Å². The summed E-state index contributed by atoms with van der Waals surface area (Å²) in [6, 6.07) is 22.9. The van der Waals surface area contributed by atoms with Gasteiger partial charge in [0.15, 0.2) is 5.65 Å². The van der Waals surface area contributed by atoms with Crippen molar-refractivity contribution in [3.8, 4) is 22.8 Å². The Kier molecular flexibility index (Phi) is 9.09. The molecule has 0 bridgehead atoms. The first-order valence-electron chi connectivity index (χ1n) is 16.5. The zero-order valence-electron chi connectivity index (χ0n) is 26.8. The van der Waals surface area contributed by atoms with Gasteiger partial charge in [0, 0.05) is 49.5 Å². The van der Waals surface area contributed by atoms with E-state index in [0.717, 1.165) is 85.7 Å². The van der Waals surface area contributed by atoms with Gasteiger partial charge in [-0.05, 0) is 80.3 Å². The number of nitrogens with zero attached hydrogens (tertiary/aromatic N) is 5. The van der Waals surface area contributed by atoms with E-state index in [2.05, 4.69) is 20.6 Å². The summed E-state index contributed by atoms with van der Waals surface area (Å²) in [5.74, 6) is -0.567. The molecule has 2 aromatic heterocycles. The van der Waals surface area contributed by atoms with Crippen LogP contribution in [-0.4, -0.2) is 80.2 Å². The van der Waals surface area contributed by atoms with E-state index in [1.165, 1.54) is 18.5 Å². The number of rotatable bonds is 12. The van der Waals surface area contributed by atoms with E-state index in [4.69, 9.17) is 15.6 Å². The first-order valence-corrected chi connectivity index (χ1v) is 16.5. The van der Waals surface area contributed by atoms with Crippen molar-refractivity contribution in [2.75, 3.05) is 36.8 Å². The monoisotopic (exact) mass is 662 g/mol. The van der Waals surface area contributed by atoms with Gasteiger partial charge in [-0.1, -0.05) is 18.2 Å². The third-order valence-electron chi connectivity index (χ3n) is 9.37. The van der Waals surface area contributed by atoms with Gasteiger partial charge in [0.1, 0.15) is 29.3 Å². The number of aromatic nitrogens is 4. The summed E-state index contributed by atoms with van der Waals surface area (Å²) >= 11 is 0. The summed E-state index contributed by atoms with van der Waals surface area (Å²) in [5.41, 5.74) is 9.13. The van der Waals surface area contributed by atoms with Crippen molar-refractivity contribution < 1.29 is 24.5 Å². The van der Waals surface area contributed by atoms with Crippen molar-refractivity contribution in [2.45, 2.75) is 43.8 Å². The van der Waals surface area contributed by atoms with Crippen molar-refractivity contribution in [3.05, 3.63) is 90.3 Å². The number of carboxylic acids is 2. The highest BCUT2D eigenvalue weighted by Crippen LogP contribution is 2.36. The van der Waals surface area contributed by atoms with E-state index in [0.29, 0.717) is 17.5 Å². The van der Waals surface area contributed by atoms with E-state index in [1.807, 2.05) is 64.2 Å². The van der Waals surface area contributed by atoms with Crippen LogP contribution < -0.4 is 26.0 Å². The van der Waals surface area contributed by atoms with Crippen LogP contribution in [0.3, 0.4) is 0 Å². The van der Waals surface area contributed by atoms with Crippen LogP contribution in [0.5, 0.6) is 11.5 Å². The quantitative estimate of drug-likeness (QED) is 0.115. The van der Waals surface area contributed by atoms with Crippen molar-refractivity contribution in [1.29, 1.82) is 0 Å². The summed E-state index contributed by atoms with van der Waals surface area (Å²) in [6.45, 7) is 3.12. The number of nitrogen functional groups attached to an aromatic ring is 1. The lowest BCUT2D eigenvalue weighted by molar-refractivity contribution is 0.0651. The Morgan fingerprint density at radius 3 is 2.18 bits per heavy atom. The lowest BCUT2D eigenvalue weighted by Gasteiger charge is -2.42. The number of para-hydroxylation sites is 1. The van der Waals surface area contributed by atoms with Gasteiger partial charge in [0.25, 0.3) is 0 Å². The minimum absolute atomic E-state index is 0.195. The fourth-order valence-electron chi connectivity index (χ4n) is 6.75. The molecule has 0 spiro atoms. The van der Waals surface area contributed by atoms with Gasteiger partial charge in [-0.2, -0.15) is 5.10 Å². The molecule has 252 valence electrons. The van der Waals surface area contributed by atoms with Crippen molar-refractivity contribution in [2.24, 2.45) is 0 Å². The predicted octanol–water partition coefficient (Wildman–Crippen LogP) is 4.82. The Labute approximate surface area is 282 Å². The molecule has 1 aliphatic heterocycles. The Morgan fingerprint density at radius 2 is 1.49 bits per heavy atom. The Morgan fingerprint density at radius 1 is 0.816 bits per heavy atom. The third-order valence-corrected chi connectivity index (χ3v) is 9.37. The highest BCUT2D eigenvalue weighted by Gasteiger charge is 2.29. The lowest BCUT2D eigenvalue weighted by Crippen LogP contribution is -2.59. The number of carbonyl (C=O) groups is 2. The second kappa shape index (κ2) is 13.9. The number of hydrogen-bond acceptors (Lipinski definition) is 10. The zero-order valence-corrected chi connectivity index (χ0v) is 26.8. The summed E-state index contributed by atoms with van der Waals surface area (Å²) in [7, 11) is 0. The van der Waals surface area contributed by atoms with E-state index in [-0.39, 0.29) is 23.2 Å². The number of carboxylic acid groups (broad SMARTS) is 2. The Bertz CT molecular complexity index is 1950. The Balaban J connectivity index is 0.902. The van der Waals surface area contributed by atoms with Gasteiger partial charge in [-0.3, -0.25) is 0 Å². The topological polar surface area (TPSA) is 181 Å². The number of ether oxygens (including phenoxy) is 1. The predicted molar refractivity (Wildman–Crippen MR) is 185 cm³/mol. The molecule has 1 saturated carbocycles. The number of nitrogens with two attached hydrogens (primary N) is 1. The Hall–Kier alpha value is -5.53. The third kappa shape index (κ3) is 6.89. The van der Waals surface area contributed by atoms with Crippen LogP contribution in [0.25, 0.3) is 22.3 Å². The molecule has 2 aliphatic rings. The molecule has 1 aliphatic carbocycles. The lowest BCUT2D eigenvalue weighted by atomic mass is 9.91. The molecule has 3 heterocycles. The van der Waals surface area contributed by atoms with Gasteiger partial charge in [-0.15, -0.1) is 0 Å². The molecule has 2 fully saturated rings. The molecule has 0 radical (unpaired) electrons. The van der Waals surface area contributed by atoms with Crippen molar-refractivity contribution >= 4 is 34.5 Å². The molecule has 13 heteroatoms. The molecular weight excluding hydrogens is 624 g/mol. The SMILES string of the molecule is Nc1ncnc2c1c(-c1ccc(Oc3ccccc3)cc1)nn2[C@H]1CC[C@@H](NCCNC2CN(c3ccc(C(=O)O)c(C(=O)O)c3)C2)CC1. The number of anilines is 2. The van der Waals surface area contributed by atoms with Gasteiger partial charge in [0.2, 0.25) is 0 Å². The average molecular weight is 663 g/mol. The smallest absolute Gasteiger partial charge is 0.336 e. The normalized spacial score (nSPS) is 17.9. The average Bonchev–Trinajstić information content (AvgIpc) is 3.49. The molecule has 49 heavy (non-hydrogen) atoms. The number of hydrogen-bond donors (Lipinski definition) is 5.